The standard InChI is InChI=1S/C15H18N2O5S/c1-22-15(19)10-6-7-13(12(8-10)17(20)21)23-9-14(18)16-11-4-2-3-5-11/h6-8,11H,2-5,9H2,1H3,(H,16,18). The van der Waals surface area contributed by atoms with E-state index in [1.165, 1.54) is 25.3 Å². The number of rotatable bonds is 6. The Morgan fingerprint density at radius 1 is 1.39 bits per heavy atom. The van der Waals surface area contributed by atoms with Gasteiger partial charge in [-0.15, -0.1) is 11.8 Å². The molecule has 8 heteroatoms. The molecule has 0 heterocycles. The molecule has 1 aromatic rings. The van der Waals surface area contributed by atoms with Gasteiger partial charge in [0.25, 0.3) is 5.69 Å². The van der Waals surface area contributed by atoms with Crippen LogP contribution in [0.5, 0.6) is 0 Å². The summed E-state index contributed by atoms with van der Waals surface area (Å²) in [5.41, 5.74) is -0.0921. The molecule has 1 saturated carbocycles. The first-order valence-corrected chi connectivity index (χ1v) is 8.28. The highest BCUT2D eigenvalue weighted by atomic mass is 32.2. The van der Waals surface area contributed by atoms with Gasteiger partial charge in [-0.05, 0) is 25.0 Å². The molecule has 0 aromatic heterocycles. The average molecular weight is 338 g/mol. The van der Waals surface area contributed by atoms with Gasteiger partial charge in [0.05, 0.1) is 28.2 Å². The topological polar surface area (TPSA) is 98.5 Å². The molecule has 1 aromatic carbocycles. The fourth-order valence-electron chi connectivity index (χ4n) is 2.51. The van der Waals surface area contributed by atoms with Gasteiger partial charge in [0.1, 0.15) is 0 Å². The summed E-state index contributed by atoms with van der Waals surface area (Å²) in [6, 6.07) is 4.32. The van der Waals surface area contributed by atoms with Crippen molar-refractivity contribution in [3.63, 3.8) is 0 Å². The largest absolute Gasteiger partial charge is 0.465 e. The number of methoxy groups -OCH3 is 1. The van der Waals surface area contributed by atoms with E-state index < -0.39 is 10.9 Å². The minimum Gasteiger partial charge on any atom is -0.465 e. The van der Waals surface area contributed by atoms with Crippen LogP contribution in [0.3, 0.4) is 0 Å². The van der Waals surface area contributed by atoms with Crippen molar-refractivity contribution in [3.05, 3.63) is 33.9 Å². The van der Waals surface area contributed by atoms with Crippen molar-refractivity contribution in [1.29, 1.82) is 0 Å². The lowest BCUT2D eigenvalue weighted by atomic mass is 10.2. The monoisotopic (exact) mass is 338 g/mol. The number of nitrogens with zero attached hydrogens (tertiary/aromatic N) is 1. The van der Waals surface area contributed by atoms with E-state index in [1.807, 2.05) is 0 Å². The van der Waals surface area contributed by atoms with Crippen LogP contribution in [0.2, 0.25) is 0 Å². The van der Waals surface area contributed by atoms with Gasteiger partial charge in [0, 0.05) is 12.1 Å². The number of hydrogen-bond acceptors (Lipinski definition) is 6. The molecule has 1 amide bonds. The van der Waals surface area contributed by atoms with Gasteiger partial charge in [-0.1, -0.05) is 12.8 Å². The molecule has 23 heavy (non-hydrogen) atoms. The molecule has 0 bridgehead atoms. The van der Waals surface area contributed by atoms with E-state index in [1.54, 1.807) is 0 Å². The second kappa shape index (κ2) is 7.96. The van der Waals surface area contributed by atoms with E-state index in [0.29, 0.717) is 4.90 Å². The fraction of sp³-hybridized carbons (Fsp3) is 0.467. The molecule has 1 N–H and O–H groups in total. The summed E-state index contributed by atoms with van der Waals surface area (Å²) in [7, 11) is 1.21. The Hall–Kier alpha value is -2.09. The zero-order valence-corrected chi connectivity index (χ0v) is 13.6. The number of nitro benzene ring substituents is 1. The van der Waals surface area contributed by atoms with Crippen molar-refractivity contribution >= 4 is 29.3 Å². The van der Waals surface area contributed by atoms with Crippen molar-refractivity contribution in [1.82, 2.24) is 5.32 Å². The molecule has 0 atom stereocenters. The van der Waals surface area contributed by atoms with Crippen LogP contribution >= 0.6 is 11.8 Å². The van der Waals surface area contributed by atoms with E-state index >= 15 is 0 Å². The van der Waals surface area contributed by atoms with Gasteiger partial charge >= 0.3 is 5.97 Å². The molecule has 1 aliphatic carbocycles. The Morgan fingerprint density at radius 3 is 2.70 bits per heavy atom. The van der Waals surface area contributed by atoms with E-state index in [4.69, 9.17) is 0 Å². The fourth-order valence-corrected chi connectivity index (χ4v) is 3.33. The normalized spacial score (nSPS) is 14.5. The Bertz CT molecular complexity index is 614. The van der Waals surface area contributed by atoms with Crippen LogP contribution < -0.4 is 5.32 Å². The van der Waals surface area contributed by atoms with Gasteiger partial charge in [0.2, 0.25) is 5.91 Å². The number of thioether (sulfide) groups is 1. The summed E-state index contributed by atoms with van der Waals surface area (Å²) in [5.74, 6) is -0.661. The van der Waals surface area contributed by atoms with E-state index in [0.717, 1.165) is 37.4 Å². The summed E-state index contributed by atoms with van der Waals surface area (Å²) < 4.78 is 4.55. The Kier molecular flexibility index (Phi) is 5.97. The van der Waals surface area contributed by atoms with Crippen molar-refractivity contribution in [2.75, 3.05) is 12.9 Å². The molecule has 7 nitrogen and oxygen atoms in total. The van der Waals surface area contributed by atoms with Crippen LogP contribution in [0.15, 0.2) is 23.1 Å². The summed E-state index contributed by atoms with van der Waals surface area (Å²) in [6.45, 7) is 0. The van der Waals surface area contributed by atoms with E-state index in [9.17, 15) is 19.7 Å². The van der Waals surface area contributed by atoms with E-state index in [2.05, 4.69) is 10.1 Å². The number of carbonyl (C=O) groups is 2. The summed E-state index contributed by atoms with van der Waals surface area (Å²) in [5, 5.41) is 14.1. The highest BCUT2D eigenvalue weighted by molar-refractivity contribution is 8.00. The highest BCUT2D eigenvalue weighted by Crippen LogP contribution is 2.30. The number of amides is 1. The van der Waals surface area contributed by atoms with Gasteiger partial charge in [0.15, 0.2) is 0 Å². The zero-order chi connectivity index (χ0) is 16.8. The number of ether oxygens (including phenoxy) is 1. The lowest BCUT2D eigenvalue weighted by molar-refractivity contribution is -0.387. The van der Waals surface area contributed by atoms with Crippen LogP contribution in [0.1, 0.15) is 36.0 Å². The lowest BCUT2D eigenvalue weighted by Crippen LogP contribution is -2.33. The van der Waals surface area contributed by atoms with E-state index in [-0.39, 0.29) is 29.0 Å². The van der Waals surface area contributed by atoms with Gasteiger partial charge in [-0.2, -0.15) is 0 Å². The predicted molar refractivity (Wildman–Crippen MR) is 85.6 cm³/mol. The van der Waals surface area contributed by atoms with Crippen LogP contribution in [0.4, 0.5) is 5.69 Å². The first kappa shape index (κ1) is 17.3. The zero-order valence-electron chi connectivity index (χ0n) is 12.7. The molecular weight excluding hydrogens is 320 g/mol. The third-order valence-electron chi connectivity index (χ3n) is 3.66. The molecule has 0 aliphatic heterocycles. The number of carbonyl (C=O) groups excluding carboxylic acids is 2. The lowest BCUT2D eigenvalue weighted by Gasteiger charge is -2.11. The van der Waals surface area contributed by atoms with Crippen LogP contribution in [0.25, 0.3) is 0 Å². The van der Waals surface area contributed by atoms with Crippen molar-refractivity contribution < 1.29 is 19.2 Å². The first-order valence-electron chi connectivity index (χ1n) is 7.30. The number of hydrogen-bond donors (Lipinski definition) is 1. The van der Waals surface area contributed by atoms with Gasteiger partial charge < -0.3 is 10.1 Å². The quantitative estimate of drug-likeness (QED) is 0.370. The summed E-state index contributed by atoms with van der Waals surface area (Å²) >= 11 is 1.09. The maximum absolute atomic E-state index is 11.9. The maximum Gasteiger partial charge on any atom is 0.338 e. The van der Waals surface area contributed by atoms with Crippen molar-refractivity contribution in [2.45, 2.75) is 36.6 Å². The first-order chi connectivity index (χ1) is 11.0. The third kappa shape index (κ3) is 4.69. The van der Waals surface area contributed by atoms with Crippen LogP contribution in [0, 0.1) is 10.1 Å². The summed E-state index contributed by atoms with van der Waals surface area (Å²) in [6.07, 6.45) is 4.23. The van der Waals surface area contributed by atoms with Crippen LogP contribution in [-0.2, 0) is 9.53 Å². The average Bonchev–Trinajstić information content (AvgIpc) is 3.04. The molecule has 2 rings (SSSR count). The van der Waals surface area contributed by atoms with Crippen molar-refractivity contribution in [3.8, 4) is 0 Å². The number of benzene rings is 1. The Morgan fingerprint density at radius 2 is 2.09 bits per heavy atom. The smallest absolute Gasteiger partial charge is 0.338 e. The number of nitrogens with one attached hydrogen (secondary N) is 1. The SMILES string of the molecule is COC(=O)c1ccc(SCC(=O)NC2CCCC2)c([N+](=O)[O-])c1. The molecule has 1 aliphatic rings. The minimum atomic E-state index is -0.636. The predicted octanol–water partition coefficient (Wildman–Crippen LogP) is 2.53. The molecule has 0 saturated heterocycles. The van der Waals surface area contributed by atoms with Crippen molar-refractivity contribution in [2.24, 2.45) is 0 Å². The van der Waals surface area contributed by atoms with Gasteiger partial charge in [-0.3, -0.25) is 14.9 Å². The van der Waals surface area contributed by atoms with Crippen LogP contribution in [-0.4, -0.2) is 35.7 Å². The maximum atomic E-state index is 11.9. The third-order valence-corrected chi connectivity index (χ3v) is 4.72. The second-order valence-electron chi connectivity index (χ2n) is 5.27. The number of esters is 1. The number of nitro groups is 1. The Balaban J connectivity index is 2.02. The molecule has 0 spiro atoms. The molecular formula is C15H18N2O5S. The summed E-state index contributed by atoms with van der Waals surface area (Å²) in [4.78, 5) is 34.3. The van der Waals surface area contributed by atoms with Gasteiger partial charge in [-0.25, -0.2) is 4.79 Å². The Labute approximate surface area is 137 Å². The molecule has 1 fully saturated rings. The molecule has 124 valence electrons. The molecule has 0 radical (unpaired) electrons. The minimum absolute atomic E-state index is 0.106. The highest BCUT2D eigenvalue weighted by Gasteiger charge is 2.21. The second-order valence-corrected chi connectivity index (χ2v) is 6.29. The molecule has 0 unspecified atom stereocenters.